The van der Waals surface area contributed by atoms with Crippen LogP contribution in [0.3, 0.4) is 0 Å². The molecule has 1 rings (SSSR count). The number of halogens is 1. The second-order valence-electron chi connectivity index (χ2n) is 3.40. The first-order valence-corrected chi connectivity index (χ1v) is 5.16. The summed E-state index contributed by atoms with van der Waals surface area (Å²) in [6.45, 7) is 8.79. The molecule has 0 spiro atoms. The zero-order chi connectivity index (χ0) is 12.0. The van der Waals surface area contributed by atoms with Gasteiger partial charge in [-0.1, -0.05) is 11.2 Å². The fourth-order valence-electron chi connectivity index (χ4n) is 1.32. The van der Waals surface area contributed by atoms with Crippen molar-refractivity contribution in [2.45, 2.75) is 20.4 Å². The first kappa shape index (κ1) is 16.0. The van der Waals surface area contributed by atoms with Gasteiger partial charge in [0.25, 0.3) is 0 Å². The van der Waals surface area contributed by atoms with E-state index in [1.807, 2.05) is 13.8 Å². The van der Waals surface area contributed by atoms with Crippen LogP contribution in [0.15, 0.2) is 22.2 Å². The van der Waals surface area contributed by atoms with Gasteiger partial charge in [0.05, 0.1) is 5.69 Å². The van der Waals surface area contributed by atoms with E-state index in [1.165, 1.54) is 0 Å². The Balaban J connectivity index is 0.00000256. The molecule has 96 valence electrons. The van der Waals surface area contributed by atoms with Crippen LogP contribution in [-0.2, 0) is 6.54 Å². The van der Waals surface area contributed by atoms with Crippen molar-refractivity contribution in [2.75, 3.05) is 13.6 Å². The van der Waals surface area contributed by atoms with Gasteiger partial charge < -0.3 is 15.2 Å². The highest BCUT2D eigenvalue weighted by Crippen LogP contribution is 2.11. The van der Waals surface area contributed by atoms with Gasteiger partial charge in [-0.2, -0.15) is 0 Å². The molecule has 1 aromatic rings. The van der Waals surface area contributed by atoms with E-state index in [2.05, 4.69) is 27.4 Å². The fourth-order valence-corrected chi connectivity index (χ4v) is 1.32. The van der Waals surface area contributed by atoms with Crippen molar-refractivity contribution in [1.82, 2.24) is 15.8 Å². The standard InChI is InChI=1S/C11H18N4O.HI/c1-5-6-13-11(12-4)14-7-10-8(2)15-16-9(10)3;/h5H,1,6-7H2,2-4H3,(H2,12,13,14);1H. The minimum Gasteiger partial charge on any atom is -0.361 e. The van der Waals surface area contributed by atoms with Crippen molar-refractivity contribution < 1.29 is 4.52 Å². The molecular weight excluding hydrogens is 331 g/mol. The van der Waals surface area contributed by atoms with Gasteiger partial charge in [-0.05, 0) is 13.8 Å². The highest BCUT2D eigenvalue weighted by molar-refractivity contribution is 14.0. The number of hydrogen-bond acceptors (Lipinski definition) is 3. The van der Waals surface area contributed by atoms with Crippen LogP contribution >= 0.6 is 24.0 Å². The average Bonchev–Trinajstić information content (AvgIpc) is 2.60. The van der Waals surface area contributed by atoms with Crippen LogP contribution in [-0.4, -0.2) is 24.7 Å². The maximum atomic E-state index is 5.08. The van der Waals surface area contributed by atoms with Crippen molar-refractivity contribution >= 4 is 29.9 Å². The number of guanidine groups is 1. The quantitative estimate of drug-likeness (QED) is 0.376. The molecular formula is C11H19IN4O. The maximum absolute atomic E-state index is 5.08. The molecule has 0 aliphatic carbocycles. The summed E-state index contributed by atoms with van der Waals surface area (Å²) in [5.74, 6) is 1.57. The summed E-state index contributed by atoms with van der Waals surface area (Å²) in [6.07, 6.45) is 1.78. The zero-order valence-electron chi connectivity index (χ0n) is 10.4. The third-order valence-corrected chi connectivity index (χ3v) is 2.25. The summed E-state index contributed by atoms with van der Waals surface area (Å²) in [4.78, 5) is 4.08. The summed E-state index contributed by atoms with van der Waals surface area (Å²) in [7, 11) is 1.73. The molecule has 0 atom stereocenters. The van der Waals surface area contributed by atoms with Crippen LogP contribution in [0, 0.1) is 13.8 Å². The Bertz CT molecular complexity index is 367. The van der Waals surface area contributed by atoms with Crippen molar-refractivity contribution in [3.8, 4) is 0 Å². The Kier molecular flexibility index (Phi) is 7.60. The summed E-state index contributed by atoms with van der Waals surface area (Å²) < 4.78 is 5.08. The van der Waals surface area contributed by atoms with Crippen molar-refractivity contribution in [1.29, 1.82) is 0 Å². The van der Waals surface area contributed by atoms with Gasteiger partial charge in [0, 0.05) is 25.7 Å². The minimum absolute atomic E-state index is 0. The molecule has 0 fully saturated rings. The lowest BCUT2D eigenvalue weighted by molar-refractivity contribution is 0.392. The Morgan fingerprint density at radius 1 is 1.47 bits per heavy atom. The molecule has 0 unspecified atom stereocenters. The first-order valence-electron chi connectivity index (χ1n) is 5.16. The molecule has 1 heterocycles. The van der Waals surface area contributed by atoms with Crippen molar-refractivity contribution in [3.05, 3.63) is 29.7 Å². The Labute approximate surface area is 119 Å². The van der Waals surface area contributed by atoms with Gasteiger partial charge in [-0.25, -0.2) is 0 Å². The predicted octanol–water partition coefficient (Wildman–Crippen LogP) is 1.76. The summed E-state index contributed by atoms with van der Waals surface area (Å²) in [6, 6.07) is 0. The minimum atomic E-state index is 0. The van der Waals surface area contributed by atoms with Crippen LogP contribution in [0.1, 0.15) is 17.0 Å². The van der Waals surface area contributed by atoms with Gasteiger partial charge in [0.15, 0.2) is 5.96 Å². The third kappa shape index (κ3) is 4.76. The molecule has 6 heteroatoms. The van der Waals surface area contributed by atoms with Crippen LogP contribution in [0.4, 0.5) is 0 Å². The van der Waals surface area contributed by atoms with E-state index in [0.717, 1.165) is 23.0 Å². The molecule has 2 N–H and O–H groups in total. The maximum Gasteiger partial charge on any atom is 0.191 e. The smallest absolute Gasteiger partial charge is 0.191 e. The number of aliphatic imine (C=N–C) groups is 1. The Hall–Kier alpha value is -1.05. The number of aryl methyl sites for hydroxylation is 2. The number of nitrogens with zero attached hydrogens (tertiary/aromatic N) is 2. The zero-order valence-corrected chi connectivity index (χ0v) is 12.7. The van der Waals surface area contributed by atoms with Gasteiger partial charge in [0.2, 0.25) is 0 Å². The Morgan fingerprint density at radius 3 is 2.65 bits per heavy atom. The lowest BCUT2D eigenvalue weighted by atomic mass is 10.2. The summed E-state index contributed by atoms with van der Waals surface area (Å²) in [5, 5.41) is 10.2. The molecule has 0 saturated heterocycles. The van der Waals surface area contributed by atoms with Crippen LogP contribution in [0.25, 0.3) is 0 Å². The second-order valence-corrected chi connectivity index (χ2v) is 3.40. The van der Waals surface area contributed by atoms with Crippen molar-refractivity contribution in [3.63, 3.8) is 0 Å². The van der Waals surface area contributed by atoms with Gasteiger partial charge >= 0.3 is 0 Å². The van der Waals surface area contributed by atoms with E-state index in [1.54, 1.807) is 13.1 Å². The molecule has 1 aromatic heterocycles. The SMILES string of the molecule is C=CCNC(=NC)NCc1c(C)noc1C.I. The first-order chi connectivity index (χ1) is 7.69. The number of aromatic nitrogens is 1. The molecule has 0 aliphatic heterocycles. The fraction of sp³-hybridized carbons (Fsp3) is 0.455. The third-order valence-electron chi connectivity index (χ3n) is 2.25. The highest BCUT2D eigenvalue weighted by Gasteiger charge is 2.08. The van der Waals surface area contributed by atoms with E-state index in [4.69, 9.17) is 4.52 Å². The second kappa shape index (κ2) is 8.10. The molecule has 0 amide bonds. The van der Waals surface area contributed by atoms with E-state index < -0.39 is 0 Å². The molecule has 17 heavy (non-hydrogen) atoms. The van der Waals surface area contributed by atoms with Gasteiger partial charge in [-0.3, -0.25) is 4.99 Å². The monoisotopic (exact) mass is 350 g/mol. The highest BCUT2D eigenvalue weighted by atomic mass is 127. The summed E-state index contributed by atoms with van der Waals surface area (Å²) >= 11 is 0. The van der Waals surface area contributed by atoms with E-state index in [0.29, 0.717) is 13.1 Å². The molecule has 5 nitrogen and oxygen atoms in total. The molecule has 0 radical (unpaired) electrons. The van der Waals surface area contributed by atoms with E-state index in [9.17, 15) is 0 Å². The average molecular weight is 350 g/mol. The number of nitrogens with one attached hydrogen (secondary N) is 2. The van der Waals surface area contributed by atoms with E-state index >= 15 is 0 Å². The normalized spacial score (nSPS) is 10.6. The van der Waals surface area contributed by atoms with Crippen molar-refractivity contribution in [2.24, 2.45) is 4.99 Å². The van der Waals surface area contributed by atoms with Crippen LogP contribution < -0.4 is 10.6 Å². The molecule has 0 aromatic carbocycles. The predicted molar refractivity (Wildman–Crippen MR) is 79.8 cm³/mol. The Morgan fingerprint density at radius 2 is 2.18 bits per heavy atom. The number of hydrogen-bond donors (Lipinski definition) is 2. The molecule has 0 bridgehead atoms. The van der Waals surface area contributed by atoms with E-state index in [-0.39, 0.29) is 24.0 Å². The molecule has 0 aliphatic rings. The topological polar surface area (TPSA) is 62.5 Å². The summed E-state index contributed by atoms with van der Waals surface area (Å²) in [5.41, 5.74) is 1.98. The molecule has 0 saturated carbocycles. The van der Waals surface area contributed by atoms with Gasteiger partial charge in [0.1, 0.15) is 5.76 Å². The van der Waals surface area contributed by atoms with Crippen LogP contribution in [0.5, 0.6) is 0 Å². The van der Waals surface area contributed by atoms with Crippen LogP contribution in [0.2, 0.25) is 0 Å². The number of rotatable bonds is 4. The lowest BCUT2D eigenvalue weighted by Crippen LogP contribution is -2.36. The largest absolute Gasteiger partial charge is 0.361 e. The van der Waals surface area contributed by atoms with Gasteiger partial charge in [-0.15, -0.1) is 30.6 Å². The lowest BCUT2D eigenvalue weighted by Gasteiger charge is -2.09.